The molecular weight excluding hydrogens is 242 g/mol. The van der Waals surface area contributed by atoms with Crippen LogP contribution in [-0.4, -0.2) is 61.5 Å². The first kappa shape index (κ1) is 14.6. The molecule has 5 heteroatoms. The van der Waals surface area contributed by atoms with Crippen molar-refractivity contribution >= 4 is 5.96 Å². The van der Waals surface area contributed by atoms with Gasteiger partial charge in [0.15, 0.2) is 5.96 Å². The highest BCUT2D eigenvalue weighted by atomic mass is 16.5. The predicted octanol–water partition coefficient (Wildman–Crippen LogP) is 0.835. The number of nitrogens with one attached hydrogen (secondary N) is 1. The molecule has 0 amide bonds. The van der Waals surface area contributed by atoms with Gasteiger partial charge in [0.1, 0.15) is 0 Å². The fraction of sp³-hybridized carbons (Fsp3) is 0.929. The van der Waals surface area contributed by atoms with E-state index in [2.05, 4.69) is 15.2 Å². The van der Waals surface area contributed by atoms with Crippen molar-refractivity contribution in [2.75, 3.05) is 39.9 Å². The maximum atomic E-state index is 10.1. The monoisotopic (exact) mass is 269 g/mol. The second-order valence-corrected chi connectivity index (χ2v) is 5.74. The maximum Gasteiger partial charge on any atom is 0.193 e. The van der Waals surface area contributed by atoms with Crippen LogP contribution in [0, 0.1) is 5.92 Å². The van der Waals surface area contributed by atoms with Gasteiger partial charge in [-0.05, 0) is 32.6 Å². The minimum absolute atomic E-state index is 0.500. The average molecular weight is 269 g/mol. The number of likely N-dealkylation sites (tertiary alicyclic amines) is 1. The Morgan fingerprint density at radius 1 is 1.53 bits per heavy atom. The van der Waals surface area contributed by atoms with Gasteiger partial charge >= 0.3 is 0 Å². The van der Waals surface area contributed by atoms with E-state index in [0.717, 1.165) is 57.9 Å². The number of hydrogen-bond acceptors (Lipinski definition) is 3. The second kappa shape index (κ2) is 6.57. The summed E-state index contributed by atoms with van der Waals surface area (Å²) in [6.07, 6.45) is 4.11. The molecule has 19 heavy (non-hydrogen) atoms. The molecule has 1 saturated heterocycles. The molecule has 110 valence electrons. The lowest BCUT2D eigenvalue weighted by molar-refractivity contribution is -0.0282. The van der Waals surface area contributed by atoms with Crippen LogP contribution in [0.3, 0.4) is 0 Å². The van der Waals surface area contributed by atoms with Gasteiger partial charge < -0.3 is 20.1 Å². The summed E-state index contributed by atoms with van der Waals surface area (Å²) < 4.78 is 5.49. The number of nitrogens with zero attached hydrogens (tertiary/aromatic N) is 2. The van der Waals surface area contributed by atoms with Crippen molar-refractivity contribution < 1.29 is 9.84 Å². The molecule has 0 spiro atoms. The van der Waals surface area contributed by atoms with Crippen LogP contribution in [0.1, 0.15) is 32.6 Å². The van der Waals surface area contributed by atoms with Gasteiger partial charge in [-0.1, -0.05) is 0 Å². The molecule has 1 aliphatic heterocycles. The molecule has 1 atom stereocenters. The first-order valence-corrected chi connectivity index (χ1v) is 7.42. The molecule has 2 fully saturated rings. The zero-order valence-corrected chi connectivity index (χ0v) is 12.2. The molecule has 2 aliphatic rings. The van der Waals surface area contributed by atoms with E-state index >= 15 is 0 Å². The summed E-state index contributed by atoms with van der Waals surface area (Å²) >= 11 is 0. The van der Waals surface area contributed by atoms with E-state index in [-0.39, 0.29) is 0 Å². The molecule has 1 unspecified atom stereocenters. The fourth-order valence-electron chi connectivity index (χ4n) is 2.78. The van der Waals surface area contributed by atoms with Gasteiger partial charge in [-0.2, -0.15) is 0 Å². The summed E-state index contributed by atoms with van der Waals surface area (Å²) in [5.74, 6) is 1.52. The van der Waals surface area contributed by atoms with E-state index in [9.17, 15) is 5.11 Å². The van der Waals surface area contributed by atoms with Crippen LogP contribution in [0.2, 0.25) is 0 Å². The summed E-state index contributed by atoms with van der Waals surface area (Å²) in [4.78, 5) is 6.60. The lowest BCUT2D eigenvalue weighted by atomic mass is 9.80. The summed E-state index contributed by atoms with van der Waals surface area (Å²) in [5.41, 5.74) is -0.500. The molecule has 1 saturated carbocycles. The molecule has 2 rings (SSSR count). The fourth-order valence-corrected chi connectivity index (χ4v) is 2.78. The van der Waals surface area contributed by atoms with Crippen molar-refractivity contribution in [3.63, 3.8) is 0 Å². The number of aliphatic hydroxyl groups is 1. The minimum Gasteiger partial charge on any atom is -0.388 e. The Bertz CT molecular complexity index is 316. The Hall–Kier alpha value is -0.810. The molecule has 0 aromatic carbocycles. The van der Waals surface area contributed by atoms with Crippen molar-refractivity contribution in [2.45, 2.75) is 38.2 Å². The zero-order chi connectivity index (χ0) is 13.7. The van der Waals surface area contributed by atoms with Crippen molar-refractivity contribution in [3.05, 3.63) is 0 Å². The van der Waals surface area contributed by atoms with Gasteiger partial charge in [0, 0.05) is 39.2 Å². The Morgan fingerprint density at radius 2 is 2.32 bits per heavy atom. The standard InChI is InChI=1S/C14H27N3O2/c1-3-19-10-12-5-8-17(9-12)13(15-2)16-11-14(18)6-4-7-14/h12,18H,3-11H2,1-2H3,(H,15,16). The van der Waals surface area contributed by atoms with Crippen LogP contribution in [0.25, 0.3) is 0 Å². The van der Waals surface area contributed by atoms with Crippen LogP contribution in [0.4, 0.5) is 0 Å². The van der Waals surface area contributed by atoms with Crippen LogP contribution in [-0.2, 0) is 4.74 Å². The largest absolute Gasteiger partial charge is 0.388 e. The number of ether oxygens (including phenoxy) is 1. The third-order valence-corrected chi connectivity index (χ3v) is 4.21. The van der Waals surface area contributed by atoms with E-state index in [1.54, 1.807) is 0 Å². The predicted molar refractivity (Wildman–Crippen MR) is 76.3 cm³/mol. The molecule has 0 aromatic rings. The van der Waals surface area contributed by atoms with E-state index in [1.165, 1.54) is 0 Å². The number of guanidine groups is 1. The summed E-state index contributed by atoms with van der Waals surface area (Å²) in [7, 11) is 1.81. The summed E-state index contributed by atoms with van der Waals surface area (Å²) in [6, 6.07) is 0. The molecule has 0 radical (unpaired) electrons. The van der Waals surface area contributed by atoms with Crippen LogP contribution < -0.4 is 5.32 Å². The van der Waals surface area contributed by atoms with Crippen LogP contribution >= 0.6 is 0 Å². The quantitative estimate of drug-likeness (QED) is 0.573. The number of hydrogen-bond donors (Lipinski definition) is 2. The molecular formula is C14H27N3O2. The van der Waals surface area contributed by atoms with Crippen molar-refractivity contribution in [3.8, 4) is 0 Å². The summed E-state index contributed by atoms with van der Waals surface area (Å²) in [6.45, 7) is 6.30. The molecule has 1 aliphatic carbocycles. The molecule has 5 nitrogen and oxygen atoms in total. The van der Waals surface area contributed by atoms with Gasteiger partial charge in [0.05, 0.1) is 12.2 Å². The smallest absolute Gasteiger partial charge is 0.193 e. The Labute approximate surface area is 116 Å². The average Bonchev–Trinajstić information content (AvgIpc) is 2.84. The lowest BCUT2D eigenvalue weighted by Crippen LogP contribution is -2.51. The van der Waals surface area contributed by atoms with Crippen molar-refractivity contribution in [1.29, 1.82) is 0 Å². The first-order valence-electron chi connectivity index (χ1n) is 7.42. The van der Waals surface area contributed by atoms with E-state index in [1.807, 2.05) is 14.0 Å². The van der Waals surface area contributed by atoms with E-state index in [0.29, 0.717) is 12.5 Å². The van der Waals surface area contributed by atoms with E-state index in [4.69, 9.17) is 4.74 Å². The first-order chi connectivity index (χ1) is 9.17. The molecule has 2 N–H and O–H groups in total. The number of rotatable bonds is 5. The third kappa shape index (κ3) is 3.83. The van der Waals surface area contributed by atoms with Gasteiger partial charge in [0.2, 0.25) is 0 Å². The highest BCUT2D eigenvalue weighted by Crippen LogP contribution is 2.30. The van der Waals surface area contributed by atoms with Gasteiger partial charge in [-0.3, -0.25) is 4.99 Å². The topological polar surface area (TPSA) is 57.1 Å². The molecule has 0 aromatic heterocycles. The summed E-state index contributed by atoms with van der Waals surface area (Å²) in [5, 5.41) is 13.4. The molecule has 0 bridgehead atoms. The van der Waals surface area contributed by atoms with Gasteiger partial charge in [-0.25, -0.2) is 0 Å². The van der Waals surface area contributed by atoms with Crippen molar-refractivity contribution in [1.82, 2.24) is 10.2 Å². The molecule has 1 heterocycles. The van der Waals surface area contributed by atoms with Crippen LogP contribution in [0.5, 0.6) is 0 Å². The maximum absolute atomic E-state index is 10.1. The Kier molecular flexibility index (Phi) is 5.05. The highest BCUT2D eigenvalue weighted by molar-refractivity contribution is 5.80. The number of aliphatic imine (C=N–C) groups is 1. The Balaban J connectivity index is 1.75. The van der Waals surface area contributed by atoms with Gasteiger partial charge in [0.25, 0.3) is 0 Å². The van der Waals surface area contributed by atoms with Crippen LogP contribution in [0.15, 0.2) is 4.99 Å². The van der Waals surface area contributed by atoms with E-state index < -0.39 is 5.60 Å². The SMILES string of the molecule is CCOCC1CCN(C(=NC)NCC2(O)CCC2)C1. The lowest BCUT2D eigenvalue weighted by Gasteiger charge is -2.37. The van der Waals surface area contributed by atoms with Crippen molar-refractivity contribution in [2.24, 2.45) is 10.9 Å². The van der Waals surface area contributed by atoms with Gasteiger partial charge in [-0.15, -0.1) is 0 Å². The Morgan fingerprint density at radius 3 is 2.89 bits per heavy atom. The third-order valence-electron chi connectivity index (χ3n) is 4.21. The normalized spacial score (nSPS) is 26.4. The zero-order valence-electron chi connectivity index (χ0n) is 12.2. The minimum atomic E-state index is -0.500. The second-order valence-electron chi connectivity index (χ2n) is 5.74. The highest BCUT2D eigenvalue weighted by Gasteiger charge is 2.35.